The van der Waals surface area contributed by atoms with Crippen molar-refractivity contribution in [2.45, 2.75) is 29.5 Å². The van der Waals surface area contributed by atoms with E-state index in [1.54, 1.807) is 11.8 Å². The number of likely N-dealkylation sites (tertiary alicyclic amines) is 1. The highest BCUT2D eigenvalue weighted by molar-refractivity contribution is 7.98. The van der Waals surface area contributed by atoms with E-state index in [9.17, 15) is 4.79 Å². The Labute approximate surface area is 152 Å². The first kappa shape index (κ1) is 17.3. The van der Waals surface area contributed by atoms with Crippen molar-refractivity contribution < 1.29 is 4.79 Å². The minimum Gasteiger partial charge on any atom is -0.334 e. The van der Waals surface area contributed by atoms with Gasteiger partial charge in [0.15, 0.2) is 0 Å². The smallest absolute Gasteiger partial charge is 0.254 e. The number of amides is 1. The molecule has 0 spiro atoms. The van der Waals surface area contributed by atoms with Crippen LogP contribution in [0.1, 0.15) is 28.8 Å². The van der Waals surface area contributed by atoms with E-state index >= 15 is 0 Å². The number of hydrogen-bond acceptors (Lipinski definition) is 3. The molecule has 3 nitrogen and oxygen atoms in total. The lowest BCUT2D eigenvalue weighted by Gasteiger charge is -2.23. The van der Waals surface area contributed by atoms with Crippen LogP contribution in [-0.4, -0.2) is 29.9 Å². The molecule has 5 heteroatoms. The maximum absolute atomic E-state index is 12.6. The third-order valence-electron chi connectivity index (χ3n) is 4.33. The Morgan fingerprint density at radius 2 is 1.88 bits per heavy atom. The van der Waals surface area contributed by atoms with Crippen LogP contribution in [0.3, 0.4) is 0 Å². The fourth-order valence-corrected chi connectivity index (χ4v) is 3.94. The Balaban J connectivity index is 1.60. The molecule has 1 heterocycles. The van der Waals surface area contributed by atoms with Crippen molar-refractivity contribution in [3.63, 3.8) is 0 Å². The summed E-state index contributed by atoms with van der Waals surface area (Å²) in [6.45, 7) is 1.36. The molecule has 2 aromatic rings. The quantitative estimate of drug-likeness (QED) is 0.813. The van der Waals surface area contributed by atoms with Gasteiger partial charge in [0.1, 0.15) is 0 Å². The predicted molar refractivity (Wildman–Crippen MR) is 101 cm³/mol. The lowest BCUT2D eigenvalue weighted by atomic mass is 10.1. The molecule has 0 radical (unpaired) electrons. The van der Waals surface area contributed by atoms with Crippen molar-refractivity contribution >= 4 is 29.3 Å². The van der Waals surface area contributed by atoms with E-state index in [-0.39, 0.29) is 11.9 Å². The van der Waals surface area contributed by atoms with Crippen LogP contribution >= 0.6 is 23.4 Å². The number of nitrogens with zero attached hydrogens (tertiary/aromatic N) is 1. The summed E-state index contributed by atoms with van der Waals surface area (Å²) in [6.07, 6.45) is 2.06. The number of hydrogen-bond donors (Lipinski definition) is 1. The first-order chi connectivity index (χ1) is 11.7. The molecule has 126 valence electrons. The zero-order valence-corrected chi connectivity index (χ0v) is 15.0. The van der Waals surface area contributed by atoms with Gasteiger partial charge in [0.2, 0.25) is 0 Å². The van der Waals surface area contributed by atoms with Crippen molar-refractivity contribution in [3.8, 4) is 0 Å². The van der Waals surface area contributed by atoms with Gasteiger partial charge >= 0.3 is 0 Å². The molecule has 24 heavy (non-hydrogen) atoms. The van der Waals surface area contributed by atoms with Crippen LogP contribution in [0.25, 0.3) is 0 Å². The van der Waals surface area contributed by atoms with E-state index in [1.165, 1.54) is 10.5 Å². The summed E-state index contributed by atoms with van der Waals surface area (Å²) in [4.78, 5) is 15.7. The molecule has 1 amide bonds. The molecule has 1 aliphatic rings. The maximum atomic E-state index is 12.6. The molecule has 1 unspecified atom stereocenters. The number of rotatable bonds is 5. The van der Waals surface area contributed by atoms with Crippen LogP contribution in [0.15, 0.2) is 53.4 Å². The summed E-state index contributed by atoms with van der Waals surface area (Å²) in [7, 11) is 0. The van der Waals surface area contributed by atoms with Crippen LogP contribution in [0.2, 0.25) is 5.02 Å². The number of nitrogens with two attached hydrogens (primary N) is 1. The normalized spacial score (nSPS) is 17.2. The lowest BCUT2D eigenvalue weighted by molar-refractivity contribution is 0.0741. The van der Waals surface area contributed by atoms with Crippen molar-refractivity contribution in [3.05, 3.63) is 64.7 Å². The summed E-state index contributed by atoms with van der Waals surface area (Å²) in [6, 6.07) is 15.9. The summed E-state index contributed by atoms with van der Waals surface area (Å²) in [5.41, 5.74) is 7.71. The number of thioether (sulfide) groups is 1. The fourth-order valence-electron chi connectivity index (χ4n) is 2.95. The zero-order valence-electron chi connectivity index (χ0n) is 13.5. The summed E-state index contributed by atoms with van der Waals surface area (Å²) in [5, 5.41) is 0.750. The van der Waals surface area contributed by atoms with E-state index < -0.39 is 0 Å². The lowest BCUT2D eigenvalue weighted by Crippen LogP contribution is -2.39. The molecular weight excluding hydrogens is 340 g/mol. The Morgan fingerprint density at radius 1 is 1.17 bits per heavy atom. The van der Waals surface area contributed by atoms with Gasteiger partial charge in [0.25, 0.3) is 5.91 Å². The fraction of sp³-hybridized carbons (Fsp3) is 0.316. The van der Waals surface area contributed by atoms with Crippen molar-refractivity contribution in [1.29, 1.82) is 0 Å². The minimum absolute atomic E-state index is 0.0971. The van der Waals surface area contributed by atoms with E-state index in [0.717, 1.165) is 35.7 Å². The van der Waals surface area contributed by atoms with Gasteiger partial charge in [-0.15, -0.1) is 11.8 Å². The van der Waals surface area contributed by atoms with Crippen LogP contribution in [-0.2, 0) is 5.75 Å². The summed E-state index contributed by atoms with van der Waals surface area (Å²) < 4.78 is 0. The molecule has 1 saturated heterocycles. The zero-order chi connectivity index (χ0) is 16.9. The molecule has 0 saturated carbocycles. The molecule has 0 aliphatic carbocycles. The van der Waals surface area contributed by atoms with E-state index in [1.807, 2.05) is 53.4 Å². The van der Waals surface area contributed by atoms with Crippen LogP contribution in [0.4, 0.5) is 0 Å². The van der Waals surface area contributed by atoms with Crippen molar-refractivity contribution in [2.24, 2.45) is 5.73 Å². The number of benzene rings is 2. The summed E-state index contributed by atoms with van der Waals surface area (Å²) in [5.74, 6) is 0.963. The van der Waals surface area contributed by atoms with Crippen LogP contribution in [0.5, 0.6) is 0 Å². The molecule has 0 bridgehead atoms. The standard InChI is InChI=1S/C19H21ClN2OS/c20-16-7-9-18(10-8-16)24-13-14-3-5-15(6-4-14)19(23)22-11-1-2-17(22)12-21/h3-10,17H,1-2,11-13,21H2. The number of carbonyl (C=O) groups excluding carboxylic acids is 1. The van der Waals surface area contributed by atoms with Gasteiger partial charge in [-0.2, -0.15) is 0 Å². The molecular formula is C19H21ClN2OS. The third-order valence-corrected chi connectivity index (χ3v) is 5.67. The van der Waals surface area contributed by atoms with E-state index in [2.05, 4.69) is 0 Å². The van der Waals surface area contributed by atoms with Gasteiger partial charge in [0.05, 0.1) is 0 Å². The average Bonchev–Trinajstić information content (AvgIpc) is 3.10. The highest BCUT2D eigenvalue weighted by Gasteiger charge is 2.28. The van der Waals surface area contributed by atoms with Gasteiger partial charge in [0, 0.05) is 40.4 Å². The first-order valence-electron chi connectivity index (χ1n) is 8.15. The first-order valence-corrected chi connectivity index (χ1v) is 9.52. The maximum Gasteiger partial charge on any atom is 0.254 e. The molecule has 2 aromatic carbocycles. The Morgan fingerprint density at radius 3 is 2.54 bits per heavy atom. The van der Waals surface area contributed by atoms with E-state index in [0.29, 0.717) is 6.54 Å². The van der Waals surface area contributed by atoms with Gasteiger partial charge in [-0.25, -0.2) is 0 Å². The Hall–Kier alpha value is -1.49. The molecule has 0 aromatic heterocycles. The summed E-state index contributed by atoms with van der Waals surface area (Å²) >= 11 is 7.65. The van der Waals surface area contributed by atoms with Crippen LogP contribution < -0.4 is 5.73 Å². The van der Waals surface area contributed by atoms with Crippen molar-refractivity contribution in [2.75, 3.05) is 13.1 Å². The van der Waals surface area contributed by atoms with Gasteiger partial charge < -0.3 is 10.6 Å². The highest BCUT2D eigenvalue weighted by atomic mass is 35.5. The number of halogens is 1. The Kier molecular flexibility index (Phi) is 5.82. The highest BCUT2D eigenvalue weighted by Crippen LogP contribution is 2.25. The van der Waals surface area contributed by atoms with Crippen LogP contribution in [0, 0.1) is 0 Å². The monoisotopic (exact) mass is 360 g/mol. The molecule has 2 N–H and O–H groups in total. The minimum atomic E-state index is 0.0971. The second-order valence-corrected chi connectivity index (χ2v) is 7.46. The predicted octanol–water partition coefficient (Wildman–Crippen LogP) is 4.20. The van der Waals surface area contributed by atoms with Gasteiger partial charge in [-0.3, -0.25) is 4.79 Å². The second-order valence-electron chi connectivity index (χ2n) is 5.97. The second kappa shape index (κ2) is 8.06. The number of carbonyl (C=O) groups is 1. The molecule has 1 fully saturated rings. The Bertz CT molecular complexity index is 688. The van der Waals surface area contributed by atoms with Gasteiger partial charge in [-0.05, 0) is 54.8 Å². The molecule has 1 aliphatic heterocycles. The van der Waals surface area contributed by atoms with E-state index in [4.69, 9.17) is 17.3 Å². The molecule has 3 rings (SSSR count). The van der Waals surface area contributed by atoms with Crippen molar-refractivity contribution in [1.82, 2.24) is 4.90 Å². The SMILES string of the molecule is NCC1CCCN1C(=O)c1ccc(CSc2ccc(Cl)cc2)cc1. The topological polar surface area (TPSA) is 46.3 Å². The van der Waals surface area contributed by atoms with Gasteiger partial charge in [-0.1, -0.05) is 23.7 Å². The molecule has 1 atom stereocenters. The third kappa shape index (κ3) is 4.12. The average molecular weight is 361 g/mol. The largest absolute Gasteiger partial charge is 0.334 e.